The highest BCUT2D eigenvalue weighted by Gasteiger charge is 2.12. The van der Waals surface area contributed by atoms with Crippen LogP contribution < -0.4 is 5.32 Å². The summed E-state index contributed by atoms with van der Waals surface area (Å²) in [6, 6.07) is 16.8. The molecule has 0 aliphatic heterocycles. The van der Waals surface area contributed by atoms with Gasteiger partial charge in [-0.2, -0.15) is 0 Å². The fourth-order valence-corrected chi connectivity index (χ4v) is 2.70. The number of esters is 1. The molecule has 2 aromatic carbocycles. The predicted octanol–water partition coefficient (Wildman–Crippen LogP) is 4.85. The average molecular weight is 402 g/mol. The Labute approximate surface area is 166 Å². The molecule has 7 heteroatoms. The van der Waals surface area contributed by atoms with Gasteiger partial charge in [-0.1, -0.05) is 41.9 Å². The van der Waals surface area contributed by atoms with E-state index < -0.39 is 24.3 Å². The van der Waals surface area contributed by atoms with Gasteiger partial charge >= 0.3 is 5.97 Å². The number of rotatable bonds is 7. The number of carbonyl (C=O) groups is 2. The van der Waals surface area contributed by atoms with Crippen molar-refractivity contribution in [2.45, 2.75) is 12.8 Å². The highest BCUT2D eigenvalue weighted by atomic mass is 35.5. The van der Waals surface area contributed by atoms with Gasteiger partial charge in [0, 0.05) is 12.0 Å². The van der Waals surface area contributed by atoms with Crippen LogP contribution in [0.3, 0.4) is 0 Å². The van der Waals surface area contributed by atoms with Crippen LogP contribution in [0.15, 0.2) is 65.1 Å². The topological polar surface area (TPSA) is 68.5 Å². The van der Waals surface area contributed by atoms with Gasteiger partial charge in [-0.05, 0) is 30.3 Å². The highest BCUT2D eigenvalue weighted by Crippen LogP contribution is 2.23. The predicted molar refractivity (Wildman–Crippen MR) is 103 cm³/mol. The Morgan fingerprint density at radius 3 is 2.61 bits per heavy atom. The summed E-state index contributed by atoms with van der Waals surface area (Å²) in [5, 5.41) is 2.52. The molecule has 3 aromatic rings. The van der Waals surface area contributed by atoms with Crippen LogP contribution in [0.4, 0.5) is 10.1 Å². The molecule has 0 aliphatic rings. The first-order chi connectivity index (χ1) is 13.5. The Morgan fingerprint density at radius 2 is 1.86 bits per heavy atom. The van der Waals surface area contributed by atoms with Gasteiger partial charge in [-0.15, -0.1) is 0 Å². The van der Waals surface area contributed by atoms with Crippen LogP contribution in [0.1, 0.15) is 12.2 Å². The second-order valence-electron chi connectivity index (χ2n) is 5.97. The van der Waals surface area contributed by atoms with Gasteiger partial charge in [0.1, 0.15) is 17.3 Å². The number of carbonyl (C=O) groups excluding carboxylic acids is 2. The molecular formula is C21H17ClFNO4. The van der Waals surface area contributed by atoms with Gasteiger partial charge in [-0.25, -0.2) is 4.39 Å². The minimum absolute atomic E-state index is 0.0618. The summed E-state index contributed by atoms with van der Waals surface area (Å²) in [6.07, 6.45) is 0.434. The van der Waals surface area contributed by atoms with E-state index >= 15 is 0 Å². The molecule has 0 aliphatic carbocycles. The summed E-state index contributed by atoms with van der Waals surface area (Å²) in [4.78, 5) is 23.7. The number of furan rings is 1. The van der Waals surface area contributed by atoms with E-state index in [1.54, 1.807) is 6.07 Å². The van der Waals surface area contributed by atoms with Crippen LogP contribution in [0.25, 0.3) is 11.3 Å². The Balaban J connectivity index is 1.43. The molecule has 0 bridgehead atoms. The summed E-state index contributed by atoms with van der Waals surface area (Å²) in [7, 11) is 0. The molecule has 0 saturated carbocycles. The summed E-state index contributed by atoms with van der Waals surface area (Å²) in [5.74, 6) is -0.232. The zero-order valence-electron chi connectivity index (χ0n) is 14.8. The van der Waals surface area contributed by atoms with Crippen molar-refractivity contribution in [2.24, 2.45) is 0 Å². The Bertz CT molecular complexity index is 972. The van der Waals surface area contributed by atoms with Crippen LogP contribution >= 0.6 is 11.6 Å². The molecule has 1 amide bonds. The van der Waals surface area contributed by atoms with E-state index in [1.165, 1.54) is 12.1 Å². The molecule has 5 nitrogen and oxygen atoms in total. The number of nitrogens with one attached hydrogen (secondary N) is 1. The lowest BCUT2D eigenvalue weighted by molar-refractivity contribution is -0.147. The lowest BCUT2D eigenvalue weighted by Gasteiger charge is -2.08. The first kappa shape index (κ1) is 19.6. The third-order valence-corrected chi connectivity index (χ3v) is 4.18. The summed E-state index contributed by atoms with van der Waals surface area (Å²) in [5.41, 5.74) is 1.19. The van der Waals surface area contributed by atoms with Gasteiger partial charge in [0.25, 0.3) is 5.91 Å². The van der Waals surface area contributed by atoms with Crippen molar-refractivity contribution in [1.29, 1.82) is 0 Å². The van der Waals surface area contributed by atoms with E-state index in [0.717, 1.165) is 17.4 Å². The minimum Gasteiger partial charge on any atom is -0.461 e. The van der Waals surface area contributed by atoms with E-state index in [9.17, 15) is 14.0 Å². The maximum atomic E-state index is 13.0. The molecule has 3 rings (SSSR count). The number of benzene rings is 2. The van der Waals surface area contributed by atoms with Crippen LogP contribution in [-0.4, -0.2) is 18.5 Å². The monoisotopic (exact) mass is 401 g/mol. The maximum absolute atomic E-state index is 13.0. The van der Waals surface area contributed by atoms with Gasteiger partial charge in [-0.3, -0.25) is 9.59 Å². The highest BCUT2D eigenvalue weighted by molar-refractivity contribution is 6.33. The van der Waals surface area contributed by atoms with Crippen LogP contribution in [-0.2, 0) is 20.7 Å². The summed E-state index contributed by atoms with van der Waals surface area (Å²) in [6.45, 7) is -0.458. The fourth-order valence-electron chi connectivity index (χ4n) is 2.49. The summed E-state index contributed by atoms with van der Waals surface area (Å²) >= 11 is 5.83. The van der Waals surface area contributed by atoms with Crippen molar-refractivity contribution in [3.8, 4) is 11.3 Å². The van der Waals surface area contributed by atoms with Crippen molar-refractivity contribution in [1.82, 2.24) is 0 Å². The quantitative estimate of drug-likeness (QED) is 0.574. The average Bonchev–Trinajstić information content (AvgIpc) is 3.17. The third-order valence-electron chi connectivity index (χ3n) is 3.86. The van der Waals surface area contributed by atoms with Crippen LogP contribution in [0.5, 0.6) is 0 Å². The molecule has 0 unspecified atom stereocenters. The van der Waals surface area contributed by atoms with Crippen LogP contribution in [0.2, 0.25) is 5.02 Å². The zero-order chi connectivity index (χ0) is 19.9. The van der Waals surface area contributed by atoms with Crippen LogP contribution in [0, 0.1) is 5.82 Å². The molecule has 144 valence electrons. The molecule has 28 heavy (non-hydrogen) atoms. The van der Waals surface area contributed by atoms with Crippen molar-refractivity contribution in [2.75, 3.05) is 11.9 Å². The van der Waals surface area contributed by atoms with Gasteiger partial charge in [0.05, 0.1) is 17.1 Å². The fraction of sp³-hybridized carbons (Fsp3) is 0.143. The lowest BCUT2D eigenvalue weighted by atomic mass is 10.2. The van der Waals surface area contributed by atoms with E-state index in [4.69, 9.17) is 20.8 Å². The first-order valence-corrected chi connectivity index (χ1v) is 8.94. The molecule has 1 heterocycles. The number of aryl methyl sites for hydroxylation is 1. The van der Waals surface area contributed by atoms with Crippen molar-refractivity contribution in [3.63, 3.8) is 0 Å². The first-order valence-electron chi connectivity index (χ1n) is 8.56. The van der Waals surface area contributed by atoms with Gasteiger partial charge < -0.3 is 14.5 Å². The molecular weight excluding hydrogens is 385 g/mol. The maximum Gasteiger partial charge on any atom is 0.306 e. The number of hydrogen-bond acceptors (Lipinski definition) is 4. The molecule has 0 atom stereocenters. The van der Waals surface area contributed by atoms with Crippen molar-refractivity contribution in [3.05, 3.63) is 77.3 Å². The third kappa shape index (κ3) is 5.44. The number of ether oxygens (including phenoxy) is 1. The number of amides is 1. The van der Waals surface area contributed by atoms with Gasteiger partial charge in [0.15, 0.2) is 6.61 Å². The zero-order valence-corrected chi connectivity index (χ0v) is 15.5. The second kappa shape index (κ2) is 9.19. The van der Waals surface area contributed by atoms with E-state index in [-0.39, 0.29) is 17.1 Å². The Kier molecular flexibility index (Phi) is 6.45. The van der Waals surface area contributed by atoms with E-state index in [0.29, 0.717) is 12.2 Å². The Morgan fingerprint density at radius 1 is 1.07 bits per heavy atom. The Hall–Kier alpha value is -3.12. The molecule has 0 saturated heterocycles. The largest absolute Gasteiger partial charge is 0.461 e. The molecule has 0 spiro atoms. The minimum atomic E-state index is -0.564. The van der Waals surface area contributed by atoms with Crippen molar-refractivity contribution < 1.29 is 23.1 Å². The lowest BCUT2D eigenvalue weighted by Crippen LogP contribution is -2.21. The standard InChI is InChI=1S/C21H17ClFNO4/c22-17-12-15(23)6-9-18(17)24-20(25)13-27-21(26)11-8-16-7-10-19(28-16)14-4-2-1-3-5-14/h1-7,9-10,12H,8,11,13H2,(H,24,25). The number of anilines is 1. The SMILES string of the molecule is O=C(COC(=O)CCc1ccc(-c2ccccc2)o1)Nc1ccc(F)cc1Cl. The van der Waals surface area contributed by atoms with Gasteiger partial charge in [0.2, 0.25) is 0 Å². The summed E-state index contributed by atoms with van der Waals surface area (Å²) < 4.78 is 23.6. The van der Waals surface area contributed by atoms with Crippen molar-refractivity contribution >= 4 is 29.2 Å². The number of hydrogen-bond donors (Lipinski definition) is 1. The molecule has 0 fully saturated rings. The molecule has 0 radical (unpaired) electrons. The smallest absolute Gasteiger partial charge is 0.306 e. The van der Waals surface area contributed by atoms with E-state index in [2.05, 4.69) is 5.32 Å². The number of halogens is 2. The molecule has 1 aromatic heterocycles. The second-order valence-corrected chi connectivity index (χ2v) is 6.37. The van der Waals surface area contributed by atoms with E-state index in [1.807, 2.05) is 36.4 Å². The molecule has 1 N–H and O–H groups in total. The normalized spacial score (nSPS) is 10.5.